The zero-order valence-electron chi connectivity index (χ0n) is 13.9. The summed E-state index contributed by atoms with van der Waals surface area (Å²) in [5.74, 6) is -0.269. The van der Waals surface area contributed by atoms with Crippen molar-refractivity contribution in [1.29, 1.82) is 0 Å². The molecular formula is C20H21NO4. The molecule has 0 spiro atoms. The van der Waals surface area contributed by atoms with Gasteiger partial charge in [0.2, 0.25) is 0 Å². The maximum Gasteiger partial charge on any atom is 0.326 e. The molecule has 2 N–H and O–H groups in total. The number of ether oxygens (including phenoxy) is 1. The lowest BCUT2D eigenvalue weighted by molar-refractivity contribution is -0.139. The summed E-state index contributed by atoms with van der Waals surface area (Å²) in [5.41, 5.74) is 1.49. The third-order valence-electron chi connectivity index (χ3n) is 4.23. The zero-order chi connectivity index (χ0) is 17.6. The van der Waals surface area contributed by atoms with Gasteiger partial charge in [-0.1, -0.05) is 43.2 Å². The van der Waals surface area contributed by atoms with Crippen LogP contribution in [0.4, 0.5) is 0 Å². The lowest BCUT2D eigenvalue weighted by Gasteiger charge is -2.14. The van der Waals surface area contributed by atoms with E-state index < -0.39 is 12.0 Å². The summed E-state index contributed by atoms with van der Waals surface area (Å²) in [7, 11) is 0. The van der Waals surface area contributed by atoms with Crippen molar-refractivity contribution in [2.75, 3.05) is 0 Å². The normalized spacial score (nSPS) is 14.6. The Kier molecular flexibility index (Phi) is 5.33. The monoisotopic (exact) mass is 339 g/mol. The number of amides is 1. The van der Waals surface area contributed by atoms with E-state index in [-0.39, 0.29) is 5.91 Å². The van der Waals surface area contributed by atoms with Crippen LogP contribution >= 0.6 is 0 Å². The topological polar surface area (TPSA) is 75.6 Å². The third kappa shape index (κ3) is 5.08. The van der Waals surface area contributed by atoms with E-state index in [1.54, 1.807) is 24.3 Å². The van der Waals surface area contributed by atoms with Crippen molar-refractivity contribution in [2.45, 2.75) is 31.9 Å². The van der Waals surface area contributed by atoms with Crippen molar-refractivity contribution < 1.29 is 19.4 Å². The van der Waals surface area contributed by atoms with Gasteiger partial charge in [0, 0.05) is 5.56 Å². The average Bonchev–Trinajstić information content (AvgIpc) is 3.44. The molecule has 5 nitrogen and oxygen atoms in total. The summed E-state index contributed by atoms with van der Waals surface area (Å²) in [5, 5.41) is 11.8. The first-order valence-electron chi connectivity index (χ1n) is 8.42. The number of carbonyl (C=O) groups excluding carboxylic acids is 1. The number of aliphatic carboxylic acids is 1. The van der Waals surface area contributed by atoms with Crippen molar-refractivity contribution in [3.05, 3.63) is 65.7 Å². The molecule has 130 valence electrons. The maximum absolute atomic E-state index is 12.2. The largest absolute Gasteiger partial charge is 0.489 e. The van der Waals surface area contributed by atoms with Gasteiger partial charge in [-0.15, -0.1) is 0 Å². The Bertz CT molecular complexity index is 723. The fraction of sp³-hybridized carbons (Fsp3) is 0.300. The van der Waals surface area contributed by atoms with Crippen LogP contribution in [0, 0.1) is 5.92 Å². The molecule has 2 aromatic rings. The van der Waals surface area contributed by atoms with Crippen LogP contribution in [-0.4, -0.2) is 23.0 Å². The van der Waals surface area contributed by atoms with Crippen LogP contribution in [-0.2, 0) is 11.4 Å². The van der Waals surface area contributed by atoms with Gasteiger partial charge in [-0.2, -0.15) is 0 Å². The van der Waals surface area contributed by atoms with E-state index >= 15 is 0 Å². The van der Waals surface area contributed by atoms with Crippen LogP contribution in [0.3, 0.4) is 0 Å². The van der Waals surface area contributed by atoms with Crippen molar-refractivity contribution in [3.8, 4) is 5.75 Å². The highest BCUT2D eigenvalue weighted by Gasteiger charge is 2.30. The highest BCUT2D eigenvalue weighted by atomic mass is 16.5. The molecule has 0 saturated heterocycles. The SMILES string of the molecule is O=C(NC(CC1CC1)C(=O)O)c1ccc(OCc2ccccc2)cc1. The fourth-order valence-electron chi connectivity index (χ4n) is 2.59. The highest BCUT2D eigenvalue weighted by molar-refractivity contribution is 5.96. The van der Waals surface area contributed by atoms with E-state index in [4.69, 9.17) is 4.74 Å². The van der Waals surface area contributed by atoms with E-state index in [2.05, 4.69) is 5.32 Å². The Balaban J connectivity index is 1.55. The second-order valence-electron chi connectivity index (χ2n) is 6.34. The summed E-state index contributed by atoms with van der Waals surface area (Å²) in [6.45, 7) is 0.453. The number of carbonyl (C=O) groups is 2. The minimum Gasteiger partial charge on any atom is -0.489 e. The number of hydrogen-bond acceptors (Lipinski definition) is 3. The van der Waals surface area contributed by atoms with E-state index in [0.717, 1.165) is 18.4 Å². The smallest absolute Gasteiger partial charge is 0.326 e. The summed E-state index contributed by atoms with van der Waals surface area (Å²) >= 11 is 0. The van der Waals surface area contributed by atoms with Gasteiger partial charge < -0.3 is 15.2 Å². The standard InChI is InChI=1S/C20H21NO4/c22-19(21-18(20(23)24)12-14-6-7-14)16-8-10-17(11-9-16)25-13-15-4-2-1-3-5-15/h1-5,8-11,14,18H,6-7,12-13H2,(H,21,22)(H,23,24). The van der Waals surface area contributed by atoms with Gasteiger partial charge in [-0.05, 0) is 42.2 Å². The lowest BCUT2D eigenvalue weighted by atomic mass is 10.1. The van der Waals surface area contributed by atoms with Crippen molar-refractivity contribution in [1.82, 2.24) is 5.32 Å². The molecule has 1 saturated carbocycles. The molecule has 1 fully saturated rings. The molecular weight excluding hydrogens is 318 g/mol. The molecule has 1 aliphatic rings. The van der Waals surface area contributed by atoms with Crippen LogP contribution in [0.5, 0.6) is 5.75 Å². The van der Waals surface area contributed by atoms with Gasteiger partial charge in [0.05, 0.1) is 0 Å². The number of benzene rings is 2. The number of rotatable bonds is 8. The van der Waals surface area contributed by atoms with Crippen LogP contribution in [0.25, 0.3) is 0 Å². The summed E-state index contributed by atoms with van der Waals surface area (Å²) < 4.78 is 5.68. The molecule has 0 bridgehead atoms. The number of carboxylic acids is 1. The molecule has 1 aliphatic carbocycles. The highest BCUT2D eigenvalue weighted by Crippen LogP contribution is 2.33. The van der Waals surface area contributed by atoms with Crippen LogP contribution < -0.4 is 10.1 Å². The molecule has 25 heavy (non-hydrogen) atoms. The van der Waals surface area contributed by atoms with Gasteiger partial charge >= 0.3 is 5.97 Å². The Labute approximate surface area is 146 Å². The van der Waals surface area contributed by atoms with Crippen LogP contribution in [0.1, 0.15) is 35.2 Å². The van der Waals surface area contributed by atoms with E-state index in [1.165, 1.54) is 0 Å². The van der Waals surface area contributed by atoms with Crippen molar-refractivity contribution >= 4 is 11.9 Å². The van der Waals surface area contributed by atoms with Gasteiger partial charge in [0.25, 0.3) is 5.91 Å². The summed E-state index contributed by atoms with van der Waals surface area (Å²) in [6, 6.07) is 15.7. The van der Waals surface area contributed by atoms with Crippen molar-refractivity contribution in [2.24, 2.45) is 5.92 Å². The Morgan fingerprint density at radius 2 is 1.76 bits per heavy atom. The van der Waals surface area contributed by atoms with Crippen LogP contribution in [0.15, 0.2) is 54.6 Å². The van der Waals surface area contributed by atoms with Gasteiger partial charge in [0.15, 0.2) is 0 Å². The second-order valence-corrected chi connectivity index (χ2v) is 6.34. The number of nitrogens with one attached hydrogen (secondary N) is 1. The van der Waals surface area contributed by atoms with E-state index in [1.807, 2.05) is 30.3 Å². The van der Waals surface area contributed by atoms with Gasteiger partial charge in [-0.3, -0.25) is 4.79 Å². The molecule has 5 heteroatoms. The van der Waals surface area contributed by atoms with Crippen LogP contribution in [0.2, 0.25) is 0 Å². The molecule has 2 aromatic carbocycles. The quantitative estimate of drug-likeness (QED) is 0.774. The lowest BCUT2D eigenvalue weighted by Crippen LogP contribution is -2.41. The predicted molar refractivity (Wildman–Crippen MR) is 93.4 cm³/mol. The average molecular weight is 339 g/mol. The maximum atomic E-state index is 12.2. The van der Waals surface area contributed by atoms with E-state index in [0.29, 0.717) is 30.3 Å². The summed E-state index contributed by atoms with van der Waals surface area (Å²) in [6.07, 6.45) is 2.60. The molecule has 1 atom stereocenters. The zero-order valence-corrected chi connectivity index (χ0v) is 13.9. The third-order valence-corrected chi connectivity index (χ3v) is 4.23. The molecule has 0 heterocycles. The second kappa shape index (κ2) is 7.83. The Morgan fingerprint density at radius 3 is 2.36 bits per heavy atom. The molecule has 1 amide bonds. The molecule has 0 radical (unpaired) electrons. The number of hydrogen-bond donors (Lipinski definition) is 2. The molecule has 3 rings (SSSR count). The Morgan fingerprint density at radius 1 is 1.08 bits per heavy atom. The molecule has 1 unspecified atom stereocenters. The number of carboxylic acid groups (broad SMARTS) is 1. The van der Waals surface area contributed by atoms with E-state index in [9.17, 15) is 14.7 Å². The first-order chi connectivity index (χ1) is 12.1. The minimum atomic E-state index is -0.983. The fourth-order valence-corrected chi connectivity index (χ4v) is 2.59. The first-order valence-corrected chi connectivity index (χ1v) is 8.42. The van der Waals surface area contributed by atoms with Gasteiger partial charge in [-0.25, -0.2) is 4.79 Å². The molecule has 0 aliphatic heterocycles. The predicted octanol–water partition coefficient (Wildman–Crippen LogP) is 3.25. The summed E-state index contributed by atoms with van der Waals surface area (Å²) in [4.78, 5) is 23.5. The molecule has 0 aromatic heterocycles. The first kappa shape index (κ1) is 17.0. The van der Waals surface area contributed by atoms with Crippen molar-refractivity contribution in [3.63, 3.8) is 0 Å². The minimum absolute atomic E-state index is 0.373. The van der Waals surface area contributed by atoms with Gasteiger partial charge in [0.1, 0.15) is 18.4 Å². The Hall–Kier alpha value is -2.82.